The van der Waals surface area contributed by atoms with E-state index in [0.29, 0.717) is 17.9 Å². The summed E-state index contributed by atoms with van der Waals surface area (Å²) < 4.78 is 27.1. The molecule has 1 rings (SSSR count). The smallest absolute Gasteiger partial charge is 0.164 e. The van der Waals surface area contributed by atoms with E-state index in [1.54, 1.807) is 6.07 Å². The number of rotatable bonds is 7. The lowest BCUT2D eigenvalue weighted by atomic mass is 9.97. The van der Waals surface area contributed by atoms with Gasteiger partial charge in [-0.15, -0.1) is 0 Å². The van der Waals surface area contributed by atoms with Crippen molar-refractivity contribution < 1.29 is 13.9 Å². The van der Waals surface area contributed by atoms with Gasteiger partial charge in [0.05, 0.1) is 6.61 Å². The minimum atomic E-state index is -0.906. The van der Waals surface area contributed by atoms with Gasteiger partial charge in [0.1, 0.15) is 0 Å². The van der Waals surface area contributed by atoms with Gasteiger partial charge in [-0.2, -0.15) is 0 Å². The van der Waals surface area contributed by atoms with Crippen LogP contribution >= 0.6 is 0 Å². The summed E-state index contributed by atoms with van der Waals surface area (Å²) in [6, 6.07) is 3.04. The topological polar surface area (TPSA) is 20.2 Å². The number of aliphatic hydroxyl groups excluding tert-OH is 1. The van der Waals surface area contributed by atoms with Crippen LogP contribution < -0.4 is 0 Å². The molecule has 0 spiro atoms. The Morgan fingerprint density at radius 1 is 1.11 bits per heavy atom. The molecular weight excluding hydrogens is 234 g/mol. The Balaban J connectivity index is 2.55. The van der Waals surface area contributed by atoms with E-state index in [2.05, 4.69) is 13.8 Å². The first kappa shape index (κ1) is 15.1. The summed E-state index contributed by atoms with van der Waals surface area (Å²) in [7, 11) is 0. The molecule has 0 bridgehead atoms. The molecule has 102 valence electrons. The lowest BCUT2D eigenvalue weighted by Gasteiger charge is -2.10. The van der Waals surface area contributed by atoms with Crippen molar-refractivity contribution in [3.05, 3.63) is 34.9 Å². The third-order valence-electron chi connectivity index (χ3n) is 3.34. The van der Waals surface area contributed by atoms with Crippen LogP contribution in [-0.2, 0) is 13.0 Å². The van der Waals surface area contributed by atoms with Crippen molar-refractivity contribution in [3.8, 4) is 0 Å². The van der Waals surface area contributed by atoms with E-state index in [0.717, 1.165) is 19.3 Å². The summed E-state index contributed by atoms with van der Waals surface area (Å²) in [5, 5.41) is 8.84. The third kappa shape index (κ3) is 4.05. The quantitative estimate of drug-likeness (QED) is 0.774. The van der Waals surface area contributed by atoms with E-state index in [1.807, 2.05) is 0 Å². The van der Waals surface area contributed by atoms with E-state index in [-0.39, 0.29) is 5.56 Å². The van der Waals surface area contributed by atoms with E-state index < -0.39 is 18.2 Å². The Kier molecular flexibility index (Phi) is 6.27. The molecule has 18 heavy (non-hydrogen) atoms. The summed E-state index contributed by atoms with van der Waals surface area (Å²) >= 11 is 0. The third-order valence-corrected chi connectivity index (χ3v) is 3.34. The average Bonchev–Trinajstić information content (AvgIpc) is 2.35. The number of benzene rings is 1. The Hall–Kier alpha value is -0.960. The first-order valence-electron chi connectivity index (χ1n) is 6.66. The maximum atomic E-state index is 13.6. The van der Waals surface area contributed by atoms with Crippen LogP contribution in [0, 0.1) is 17.6 Å². The lowest BCUT2D eigenvalue weighted by Crippen LogP contribution is -2.01. The molecule has 0 heterocycles. The predicted octanol–water partition coefficient (Wildman–Crippen LogP) is 4.22. The van der Waals surface area contributed by atoms with Gasteiger partial charge in [-0.25, -0.2) is 8.78 Å². The summed E-state index contributed by atoms with van der Waals surface area (Å²) in [5.41, 5.74) is 0.434. The van der Waals surface area contributed by atoms with Gasteiger partial charge in [-0.3, -0.25) is 0 Å². The molecule has 0 amide bonds. The Morgan fingerprint density at radius 3 is 2.33 bits per heavy atom. The molecule has 0 aromatic heterocycles. The van der Waals surface area contributed by atoms with E-state index in [9.17, 15) is 8.78 Å². The normalized spacial score (nSPS) is 12.7. The van der Waals surface area contributed by atoms with Gasteiger partial charge < -0.3 is 5.11 Å². The van der Waals surface area contributed by atoms with Crippen molar-refractivity contribution in [2.45, 2.75) is 52.6 Å². The fraction of sp³-hybridized carbons (Fsp3) is 0.600. The van der Waals surface area contributed by atoms with Crippen LogP contribution in [0.2, 0.25) is 0 Å². The largest absolute Gasteiger partial charge is 0.392 e. The molecule has 0 aliphatic carbocycles. The molecule has 1 atom stereocenters. The van der Waals surface area contributed by atoms with Crippen LogP contribution in [0.15, 0.2) is 12.1 Å². The average molecular weight is 256 g/mol. The number of hydrogen-bond acceptors (Lipinski definition) is 1. The minimum Gasteiger partial charge on any atom is -0.392 e. The van der Waals surface area contributed by atoms with Crippen LogP contribution in [-0.4, -0.2) is 5.11 Å². The molecular formula is C15H22F2O. The molecule has 0 radical (unpaired) electrons. The van der Waals surface area contributed by atoms with E-state index >= 15 is 0 Å². The monoisotopic (exact) mass is 256 g/mol. The lowest BCUT2D eigenvalue weighted by molar-refractivity contribution is 0.273. The summed E-state index contributed by atoms with van der Waals surface area (Å²) in [5.74, 6) is -1.07. The zero-order valence-electron chi connectivity index (χ0n) is 11.2. The molecule has 1 aromatic rings. The second-order valence-electron chi connectivity index (χ2n) is 4.96. The summed E-state index contributed by atoms with van der Waals surface area (Å²) in [4.78, 5) is 0. The second-order valence-corrected chi connectivity index (χ2v) is 4.96. The Labute approximate surface area is 108 Å². The molecule has 3 heteroatoms. The van der Waals surface area contributed by atoms with Crippen LogP contribution in [0.4, 0.5) is 8.78 Å². The van der Waals surface area contributed by atoms with Crippen LogP contribution in [0.3, 0.4) is 0 Å². The van der Waals surface area contributed by atoms with Gasteiger partial charge in [0.2, 0.25) is 0 Å². The van der Waals surface area contributed by atoms with E-state index in [4.69, 9.17) is 5.11 Å². The zero-order valence-corrected chi connectivity index (χ0v) is 11.2. The van der Waals surface area contributed by atoms with Gasteiger partial charge in [-0.1, -0.05) is 45.2 Å². The molecule has 0 fully saturated rings. The molecule has 1 aromatic carbocycles. The van der Waals surface area contributed by atoms with Gasteiger partial charge in [0, 0.05) is 5.56 Å². The highest BCUT2D eigenvalue weighted by Gasteiger charge is 2.12. The summed E-state index contributed by atoms with van der Waals surface area (Å²) in [6.45, 7) is 3.88. The van der Waals surface area contributed by atoms with Crippen molar-refractivity contribution in [3.63, 3.8) is 0 Å². The predicted molar refractivity (Wildman–Crippen MR) is 69.3 cm³/mol. The Morgan fingerprint density at radius 2 is 1.72 bits per heavy atom. The number of halogens is 2. The highest BCUT2D eigenvalue weighted by Crippen LogP contribution is 2.20. The molecule has 0 aliphatic heterocycles. The summed E-state index contributed by atoms with van der Waals surface area (Å²) in [6.07, 6.45) is 4.81. The van der Waals surface area contributed by atoms with E-state index in [1.165, 1.54) is 12.5 Å². The Bertz CT molecular complexity index is 377. The number of aliphatic hydroxyl groups is 1. The second kappa shape index (κ2) is 7.47. The SMILES string of the molecule is CCCC(C)CCCc1ccc(CO)c(F)c1F. The highest BCUT2D eigenvalue weighted by atomic mass is 19.2. The number of aryl methyl sites for hydroxylation is 1. The fourth-order valence-corrected chi connectivity index (χ4v) is 2.22. The maximum absolute atomic E-state index is 13.6. The molecule has 0 saturated heterocycles. The van der Waals surface area contributed by atoms with Crippen LogP contribution in [0.5, 0.6) is 0 Å². The molecule has 0 saturated carbocycles. The number of hydrogen-bond donors (Lipinski definition) is 1. The van der Waals surface area contributed by atoms with Crippen molar-refractivity contribution in [1.82, 2.24) is 0 Å². The zero-order chi connectivity index (χ0) is 13.5. The minimum absolute atomic E-state index is 0.0237. The van der Waals surface area contributed by atoms with Gasteiger partial charge in [0.15, 0.2) is 11.6 Å². The van der Waals surface area contributed by atoms with Crippen molar-refractivity contribution in [1.29, 1.82) is 0 Å². The highest BCUT2D eigenvalue weighted by molar-refractivity contribution is 5.26. The standard InChI is InChI=1S/C15H22F2O/c1-3-5-11(2)6-4-7-12-8-9-13(10-18)15(17)14(12)16/h8-9,11,18H,3-7,10H2,1-2H3. The van der Waals surface area contributed by atoms with Crippen LogP contribution in [0.1, 0.15) is 50.7 Å². The molecule has 0 aliphatic rings. The van der Waals surface area contributed by atoms with Gasteiger partial charge in [-0.05, 0) is 24.3 Å². The van der Waals surface area contributed by atoms with Crippen LogP contribution in [0.25, 0.3) is 0 Å². The van der Waals surface area contributed by atoms with Gasteiger partial charge >= 0.3 is 0 Å². The first-order valence-corrected chi connectivity index (χ1v) is 6.66. The molecule has 1 unspecified atom stereocenters. The van der Waals surface area contributed by atoms with Gasteiger partial charge in [0.25, 0.3) is 0 Å². The van der Waals surface area contributed by atoms with Crippen molar-refractivity contribution in [2.75, 3.05) is 0 Å². The molecule has 1 nitrogen and oxygen atoms in total. The molecule has 1 N–H and O–H groups in total. The maximum Gasteiger partial charge on any atom is 0.164 e. The van der Waals surface area contributed by atoms with Crippen molar-refractivity contribution >= 4 is 0 Å². The first-order chi connectivity index (χ1) is 8.60. The fourth-order valence-electron chi connectivity index (χ4n) is 2.22. The van der Waals surface area contributed by atoms with Crippen molar-refractivity contribution in [2.24, 2.45) is 5.92 Å².